The molecule has 232 valence electrons. The van der Waals surface area contributed by atoms with Crippen LogP contribution in [0.5, 0.6) is 0 Å². The number of nitrogens with zero attached hydrogens (tertiary/aromatic N) is 1. The lowest BCUT2D eigenvalue weighted by Crippen LogP contribution is -2.15. The number of esters is 1. The lowest BCUT2D eigenvalue weighted by Gasteiger charge is -2.08. The van der Waals surface area contributed by atoms with E-state index in [9.17, 15) is 4.79 Å². The Labute approximate surface area is 245 Å². The molecule has 0 fully saturated rings. The van der Waals surface area contributed by atoms with Crippen LogP contribution in [0, 0.1) is 0 Å². The Morgan fingerprint density at radius 3 is 1.50 bits per heavy atom. The molecule has 0 bridgehead atoms. The van der Waals surface area contributed by atoms with Gasteiger partial charge in [0.05, 0.1) is 119 Å². The minimum absolute atomic E-state index is 0.0138. The van der Waals surface area contributed by atoms with Gasteiger partial charge >= 0.3 is 5.97 Å². The zero-order chi connectivity index (χ0) is 28.6. The summed E-state index contributed by atoms with van der Waals surface area (Å²) >= 11 is 0. The number of ether oxygens (including phenoxy) is 9. The summed E-state index contributed by atoms with van der Waals surface area (Å²) in [7, 11) is 3.38. The smallest absolute Gasteiger partial charge is 0.308 e. The number of carbonyl (C=O) groups excluding carboxylic acids is 1. The molecule has 1 N–H and O–H groups in total. The van der Waals surface area contributed by atoms with Crippen LogP contribution >= 0.6 is 21.6 Å². The molecule has 40 heavy (non-hydrogen) atoms. The number of aliphatic hydroxyl groups is 1. The van der Waals surface area contributed by atoms with Crippen molar-refractivity contribution in [1.29, 1.82) is 0 Å². The number of aromatic nitrogens is 1. The number of hydrogen-bond donors (Lipinski definition) is 1. The van der Waals surface area contributed by atoms with Gasteiger partial charge in [0.2, 0.25) is 0 Å². The summed E-state index contributed by atoms with van der Waals surface area (Å²) in [6.45, 7) is 7.65. The lowest BCUT2D eigenvalue weighted by molar-refractivity contribution is -0.146. The van der Waals surface area contributed by atoms with Crippen molar-refractivity contribution in [3.05, 3.63) is 24.4 Å². The van der Waals surface area contributed by atoms with Crippen LogP contribution in [-0.4, -0.2) is 141 Å². The van der Waals surface area contributed by atoms with Crippen LogP contribution in [0.4, 0.5) is 0 Å². The van der Waals surface area contributed by atoms with Crippen molar-refractivity contribution in [1.82, 2.24) is 4.98 Å². The largest absolute Gasteiger partial charge is 0.463 e. The van der Waals surface area contributed by atoms with Crippen LogP contribution in [0.2, 0.25) is 0 Å². The SMILES string of the molecule is O=C(CCOCCOCCOCCOCCOCCOCCOCCOCCSSc1ccccn1)OCCO. The van der Waals surface area contributed by atoms with Crippen molar-refractivity contribution >= 4 is 27.6 Å². The highest BCUT2D eigenvalue weighted by atomic mass is 33.1. The second-order valence-electron chi connectivity index (χ2n) is 7.67. The molecular weight excluding hydrogens is 566 g/mol. The zero-order valence-corrected chi connectivity index (χ0v) is 24.9. The fraction of sp³-hybridized carbons (Fsp3) is 0.769. The fourth-order valence-corrected chi connectivity index (χ4v) is 4.36. The zero-order valence-electron chi connectivity index (χ0n) is 23.2. The van der Waals surface area contributed by atoms with Crippen LogP contribution in [0.25, 0.3) is 0 Å². The minimum atomic E-state index is -0.389. The van der Waals surface area contributed by atoms with E-state index in [-0.39, 0.29) is 32.2 Å². The van der Waals surface area contributed by atoms with Gasteiger partial charge in [-0.05, 0) is 22.9 Å². The van der Waals surface area contributed by atoms with Crippen LogP contribution in [0.15, 0.2) is 29.4 Å². The molecule has 0 amide bonds. The Morgan fingerprint density at radius 2 is 1.07 bits per heavy atom. The molecule has 14 heteroatoms. The second kappa shape index (κ2) is 30.9. The number of pyridine rings is 1. The first-order valence-electron chi connectivity index (χ1n) is 13.4. The van der Waals surface area contributed by atoms with Gasteiger partial charge in [-0.2, -0.15) is 0 Å². The molecule has 0 radical (unpaired) electrons. The van der Waals surface area contributed by atoms with Gasteiger partial charge in [0.25, 0.3) is 0 Å². The van der Waals surface area contributed by atoms with Crippen LogP contribution in [-0.2, 0) is 47.4 Å². The summed E-state index contributed by atoms with van der Waals surface area (Å²) in [6.07, 6.45) is 1.95. The van der Waals surface area contributed by atoms with E-state index in [4.69, 9.17) is 47.7 Å². The van der Waals surface area contributed by atoms with Gasteiger partial charge in [-0.15, -0.1) is 0 Å². The van der Waals surface area contributed by atoms with E-state index in [1.807, 2.05) is 18.2 Å². The molecule has 1 aromatic heterocycles. The maximum atomic E-state index is 11.2. The molecule has 0 aliphatic rings. The molecule has 0 atom stereocenters. The van der Waals surface area contributed by atoms with Crippen molar-refractivity contribution in [3.63, 3.8) is 0 Å². The van der Waals surface area contributed by atoms with Crippen molar-refractivity contribution in [2.75, 3.05) is 125 Å². The maximum Gasteiger partial charge on any atom is 0.308 e. The van der Waals surface area contributed by atoms with Gasteiger partial charge in [-0.3, -0.25) is 4.79 Å². The molecular formula is C26H45NO11S2. The van der Waals surface area contributed by atoms with Crippen LogP contribution < -0.4 is 0 Å². The van der Waals surface area contributed by atoms with E-state index in [1.54, 1.807) is 27.8 Å². The molecule has 12 nitrogen and oxygen atoms in total. The molecule has 0 aliphatic carbocycles. The Morgan fingerprint density at radius 1 is 0.625 bits per heavy atom. The standard InChI is InChI=1S/C26H45NO11S2/c28-6-8-38-26(29)4-7-30-9-10-31-11-12-32-13-14-33-15-16-34-17-18-35-19-20-36-21-22-37-23-24-39-40-25-3-1-2-5-27-25/h1-3,5,28H,4,6-24H2. The molecule has 1 heterocycles. The predicted molar refractivity (Wildman–Crippen MR) is 152 cm³/mol. The van der Waals surface area contributed by atoms with Gasteiger partial charge in [-0.1, -0.05) is 16.9 Å². The number of rotatable bonds is 31. The summed E-state index contributed by atoms with van der Waals surface area (Å²) in [4.78, 5) is 15.4. The summed E-state index contributed by atoms with van der Waals surface area (Å²) in [5.41, 5.74) is 0. The highest BCUT2D eigenvalue weighted by Gasteiger charge is 2.02. The Balaban J connectivity index is 1.64. The van der Waals surface area contributed by atoms with Gasteiger partial charge in [0, 0.05) is 11.9 Å². The van der Waals surface area contributed by atoms with Crippen molar-refractivity contribution in [2.24, 2.45) is 0 Å². The highest BCUT2D eigenvalue weighted by molar-refractivity contribution is 8.76. The molecule has 0 saturated heterocycles. The molecule has 0 aromatic carbocycles. The van der Waals surface area contributed by atoms with Crippen molar-refractivity contribution in [2.45, 2.75) is 11.4 Å². The first kappa shape index (κ1) is 37.0. The summed E-state index contributed by atoms with van der Waals surface area (Å²) in [5.74, 6) is 0.508. The summed E-state index contributed by atoms with van der Waals surface area (Å²) in [6, 6.07) is 5.88. The molecule has 1 rings (SSSR count). The molecule has 1 aromatic rings. The quantitative estimate of drug-likeness (QED) is 0.0744. The van der Waals surface area contributed by atoms with Crippen molar-refractivity contribution in [3.8, 4) is 0 Å². The van der Waals surface area contributed by atoms with Gasteiger partial charge in [0.1, 0.15) is 11.6 Å². The highest BCUT2D eigenvalue weighted by Crippen LogP contribution is 2.28. The monoisotopic (exact) mass is 611 g/mol. The van der Waals surface area contributed by atoms with Crippen LogP contribution in [0.1, 0.15) is 6.42 Å². The second-order valence-corrected chi connectivity index (χ2v) is 10.1. The van der Waals surface area contributed by atoms with E-state index in [2.05, 4.69) is 4.98 Å². The third-order valence-corrected chi connectivity index (χ3v) is 6.73. The average molecular weight is 612 g/mol. The number of hydrogen-bond acceptors (Lipinski definition) is 14. The fourth-order valence-electron chi connectivity index (χ4n) is 2.62. The minimum Gasteiger partial charge on any atom is -0.463 e. The molecule has 0 spiro atoms. The van der Waals surface area contributed by atoms with Gasteiger partial charge < -0.3 is 47.7 Å². The Bertz CT molecular complexity index is 665. The van der Waals surface area contributed by atoms with E-state index < -0.39 is 0 Å². The molecule has 0 aliphatic heterocycles. The normalized spacial score (nSPS) is 11.2. The number of aliphatic hydroxyl groups excluding tert-OH is 1. The third-order valence-electron chi connectivity index (χ3n) is 4.50. The average Bonchev–Trinajstić information content (AvgIpc) is 2.98. The molecule has 0 unspecified atom stereocenters. The first-order chi connectivity index (χ1) is 19.8. The summed E-state index contributed by atoms with van der Waals surface area (Å²) < 4.78 is 48.2. The Hall–Kier alpha value is -1.04. The van der Waals surface area contributed by atoms with E-state index in [0.29, 0.717) is 99.1 Å². The van der Waals surface area contributed by atoms with Gasteiger partial charge in [0.15, 0.2) is 0 Å². The topological polar surface area (TPSA) is 133 Å². The third kappa shape index (κ3) is 27.1. The maximum absolute atomic E-state index is 11.2. The predicted octanol–water partition coefficient (Wildman–Crippen LogP) is 1.88. The van der Waals surface area contributed by atoms with E-state index >= 15 is 0 Å². The Kier molecular flexibility index (Phi) is 28.6. The van der Waals surface area contributed by atoms with Gasteiger partial charge in [-0.25, -0.2) is 4.98 Å². The summed E-state index contributed by atoms with van der Waals surface area (Å²) in [5, 5.41) is 9.55. The van der Waals surface area contributed by atoms with Crippen molar-refractivity contribution < 1.29 is 52.5 Å². The first-order valence-corrected chi connectivity index (χ1v) is 15.7. The van der Waals surface area contributed by atoms with E-state index in [0.717, 1.165) is 10.8 Å². The lowest BCUT2D eigenvalue weighted by atomic mass is 10.5. The molecule has 0 saturated carbocycles. The van der Waals surface area contributed by atoms with Crippen LogP contribution in [0.3, 0.4) is 0 Å². The van der Waals surface area contributed by atoms with E-state index in [1.165, 1.54) is 0 Å². The number of carbonyl (C=O) groups is 1.